The van der Waals surface area contributed by atoms with E-state index in [2.05, 4.69) is 0 Å². The van der Waals surface area contributed by atoms with Crippen molar-refractivity contribution < 1.29 is 23.9 Å². The number of carbonyl (C=O) groups is 3. The molecule has 1 saturated heterocycles. The van der Waals surface area contributed by atoms with Crippen molar-refractivity contribution in [1.29, 1.82) is 0 Å². The van der Waals surface area contributed by atoms with Crippen molar-refractivity contribution in [2.45, 2.75) is 20.5 Å². The van der Waals surface area contributed by atoms with Gasteiger partial charge in [0.25, 0.3) is 11.1 Å². The van der Waals surface area contributed by atoms with Crippen LogP contribution in [0, 0.1) is 5.92 Å². The van der Waals surface area contributed by atoms with Crippen molar-refractivity contribution >= 4 is 35.0 Å². The summed E-state index contributed by atoms with van der Waals surface area (Å²) in [6.45, 7) is 4.06. The number of ether oxygens (including phenoxy) is 2. The van der Waals surface area contributed by atoms with E-state index < -0.39 is 17.1 Å². The Morgan fingerprint density at radius 1 is 1.07 bits per heavy atom. The van der Waals surface area contributed by atoms with Crippen molar-refractivity contribution in [3.05, 3.63) is 70.6 Å². The van der Waals surface area contributed by atoms with Crippen molar-refractivity contribution in [3.63, 3.8) is 0 Å². The summed E-state index contributed by atoms with van der Waals surface area (Å²) in [4.78, 5) is 38.0. The fourth-order valence-corrected chi connectivity index (χ4v) is 3.51. The summed E-state index contributed by atoms with van der Waals surface area (Å²) >= 11 is 0.801. The Hall–Kier alpha value is -3.06. The predicted molar refractivity (Wildman–Crippen MR) is 116 cm³/mol. The first kappa shape index (κ1) is 21.6. The maximum Gasteiger partial charge on any atom is 0.326 e. The second-order valence-corrected chi connectivity index (χ2v) is 8.15. The molecular weight excluding hydrogens is 402 g/mol. The van der Waals surface area contributed by atoms with Gasteiger partial charge in [-0.2, -0.15) is 0 Å². The van der Waals surface area contributed by atoms with Crippen LogP contribution in [0.15, 0.2) is 59.5 Å². The smallest absolute Gasteiger partial charge is 0.326 e. The van der Waals surface area contributed by atoms with Crippen LogP contribution in [0.4, 0.5) is 4.79 Å². The van der Waals surface area contributed by atoms with Gasteiger partial charge in [0.15, 0.2) is 0 Å². The summed E-state index contributed by atoms with van der Waals surface area (Å²) in [7, 11) is 0. The number of carbonyl (C=O) groups excluding carboxylic acids is 3. The molecule has 0 N–H and O–H groups in total. The molecule has 2 aromatic rings. The first-order valence-electron chi connectivity index (χ1n) is 9.61. The standard InChI is InChI=1S/C23H23NO5S/c1-16(2)14-29-21(25)13-24-22(26)20(30-23(24)27)12-18-10-6-7-11-19(18)28-15-17-8-4-3-5-9-17/h3-12,16H,13-15H2,1-2H3/b20-12+. The quantitative estimate of drug-likeness (QED) is 0.458. The molecule has 2 aromatic carbocycles. The second-order valence-electron chi connectivity index (χ2n) is 7.16. The van der Waals surface area contributed by atoms with E-state index in [1.54, 1.807) is 6.08 Å². The molecule has 1 aliphatic heterocycles. The lowest BCUT2D eigenvalue weighted by molar-refractivity contribution is -0.147. The Bertz CT molecular complexity index is 955. The highest BCUT2D eigenvalue weighted by atomic mass is 32.2. The predicted octanol–water partition coefficient (Wildman–Crippen LogP) is 4.50. The molecule has 30 heavy (non-hydrogen) atoms. The zero-order chi connectivity index (χ0) is 21.5. The summed E-state index contributed by atoms with van der Waals surface area (Å²) in [6, 6.07) is 17.0. The van der Waals surface area contributed by atoms with E-state index in [1.165, 1.54) is 0 Å². The van der Waals surface area contributed by atoms with E-state index in [4.69, 9.17) is 9.47 Å². The Morgan fingerprint density at radius 2 is 1.77 bits per heavy atom. The number of thioether (sulfide) groups is 1. The molecule has 1 aliphatic rings. The van der Waals surface area contributed by atoms with E-state index in [1.807, 2.05) is 68.4 Å². The van der Waals surface area contributed by atoms with Crippen LogP contribution in [-0.2, 0) is 20.9 Å². The third kappa shape index (κ3) is 5.73. The van der Waals surface area contributed by atoms with Gasteiger partial charge in [0, 0.05) is 5.56 Å². The van der Waals surface area contributed by atoms with E-state index in [-0.39, 0.29) is 24.0 Å². The number of para-hydroxylation sites is 1. The van der Waals surface area contributed by atoms with Gasteiger partial charge in [-0.3, -0.25) is 19.3 Å². The van der Waals surface area contributed by atoms with Gasteiger partial charge in [-0.15, -0.1) is 0 Å². The van der Waals surface area contributed by atoms with Crippen molar-refractivity contribution in [1.82, 2.24) is 4.90 Å². The summed E-state index contributed by atoms with van der Waals surface area (Å²) < 4.78 is 11.0. The molecule has 0 radical (unpaired) electrons. The molecule has 1 fully saturated rings. The Balaban J connectivity index is 1.70. The lowest BCUT2D eigenvalue weighted by Gasteiger charge is -2.13. The molecule has 156 valence electrons. The summed E-state index contributed by atoms with van der Waals surface area (Å²) in [5.74, 6) is -0.330. The Kier molecular flexibility index (Phi) is 7.30. The van der Waals surface area contributed by atoms with E-state index in [9.17, 15) is 14.4 Å². The van der Waals surface area contributed by atoms with Gasteiger partial charge in [0.2, 0.25) is 0 Å². The third-order valence-corrected chi connectivity index (χ3v) is 5.09. The highest BCUT2D eigenvalue weighted by Crippen LogP contribution is 2.34. The molecule has 0 aromatic heterocycles. The lowest BCUT2D eigenvalue weighted by Crippen LogP contribution is -2.34. The first-order chi connectivity index (χ1) is 14.4. The van der Waals surface area contributed by atoms with Crippen LogP contribution in [0.2, 0.25) is 0 Å². The molecular formula is C23H23NO5S. The second kappa shape index (κ2) is 10.1. The number of benzene rings is 2. The topological polar surface area (TPSA) is 72.9 Å². The normalized spacial score (nSPS) is 15.2. The van der Waals surface area contributed by atoms with E-state index in [0.29, 0.717) is 17.9 Å². The van der Waals surface area contributed by atoms with Gasteiger partial charge in [-0.25, -0.2) is 0 Å². The first-order valence-corrected chi connectivity index (χ1v) is 10.4. The van der Waals surface area contributed by atoms with Crippen LogP contribution >= 0.6 is 11.8 Å². The molecule has 7 heteroatoms. The van der Waals surface area contributed by atoms with Crippen LogP contribution in [0.3, 0.4) is 0 Å². The SMILES string of the molecule is CC(C)COC(=O)CN1C(=O)S/C(=C/c2ccccc2OCc2ccccc2)C1=O. The highest BCUT2D eigenvalue weighted by molar-refractivity contribution is 8.18. The summed E-state index contributed by atoms with van der Waals surface area (Å²) in [6.07, 6.45) is 1.62. The van der Waals surface area contributed by atoms with Crippen LogP contribution in [0.25, 0.3) is 6.08 Å². The van der Waals surface area contributed by atoms with Crippen molar-refractivity contribution in [2.24, 2.45) is 5.92 Å². The number of imide groups is 1. The zero-order valence-corrected chi connectivity index (χ0v) is 17.7. The molecule has 0 aliphatic carbocycles. The highest BCUT2D eigenvalue weighted by Gasteiger charge is 2.36. The van der Waals surface area contributed by atoms with Gasteiger partial charge in [0.1, 0.15) is 18.9 Å². The molecule has 3 rings (SSSR count). The Labute approximate surface area is 179 Å². The maximum absolute atomic E-state index is 12.7. The van der Waals surface area contributed by atoms with Gasteiger partial charge in [-0.1, -0.05) is 62.4 Å². The van der Waals surface area contributed by atoms with Crippen molar-refractivity contribution in [2.75, 3.05) is 13.2 Å². The number of hydrogen-bond acceptors (Lipinski definition) is 6. The molecule has 0 saturated carbocycles. The zero-order valence-electron chi connectivity index (χ0n) is 16.9. The minimum atomic E-state index is -0.598. The van der Waals surface area contributed by atoms with Gasteiger partial charge < -0.3 is 9.47 Å². The molecule has 6 nitrogen and oxygen atoms in total. The van der Waals surface area contributed by atoms with Crippen LogP contribution < -0.4 is 4.74 Å². The van der Waals surface area contributed by atoms with E-state index in [0.717, 1.165) is 22.2 Å². The van der Waals surface area contributed by atoms with Gasteiger partial charge in [0.05, 0.1) is 11.5 Å². The number of rotatable bonds is 8. The third-order valence-electron chi connectivity index (χ3n) is 4.18. The largest absolute Gasteiger partial charge is 0.488 e. The molecule has 2 amide bonds. The van der Waals surface area contributed by atoms with Crippen molar-refractivity contribution in [3.8, 4) is 5.75 Å². The van der Waals surface area contributed by atoms with Gasteiger partial charge in [-0.05, 0) is 35.4 Å². The maximum atomic E-state index is 12.7. The number of nitrogens with zero attached hydrogens (tertiary/aromatic N) is 1. The fourth-order valence-electron chi connectivity index (χ4n) is 2.68. The monoisotopic (exact) mass is 425 g/mol. The average molecular weight is 426 g/mol. The number of hydrogen-bond donors (Lipinski definition) is 0. The average Bonchev–Trinajstić information content (AvgIpc) is 2.99. The number of esters is 1. The minimum absolute atomic E-state index is 0.177. The van der Waals surface area contributed by atoms with Crippen LogP contribution in [0.1, 0.15) is 25.0 Å². The van der Waals surface area contributed by atoms with Gasteiger partial charge >= 0.3 is 5.97 Å². The molecule has 0 bridgehead atoms. The minimum Gasteiger partial charge on any atom is -0.488 e. The molecule has 0 unspecified atom stereocenters. The summed E-state index contributed by atoms with van der Waals surface area (Å²) in [5, 5.41) is -0.490. The lowest BCUT2D eigenvalue weighted by atomic mass is 10.1. The van der Waals surface area contributed by atoms with Crippen LogP contribution in [-0.4, -0.2) is 35.2 Å². The fraction of sp³-hybridized carbons (Fsp3) is 0.261. The van der Waals surface area contributed by atoms with E-state index >= 15 is 0 Å². The summed E-state index contributed by atoms with van der Waals surface area (Å²) in [5.41, 5.74) is 1.70. The number of amides is 2. The molecule has 0 spiro atoms. The molecule has 0 atom stereocenters. The Morgan fingerprint density at radius 3 is 2.50 bits per heavy atom. The van der Waals surface area contributed by atoms with Crippen LogP contribution in [0.5, 0.6) is 5.75 Å². The molecule has 1 heterocycles.